The molecule has 1 atom stereocenters. The molecule has 0 fully saturated rings. The second-order valence-corrected chi connectivity index (χ2v) is 6.15. The first kappa shape index (κ1) is 13.6. The molecule has 1 heterocycles. The third-order valence-corrected chi connectivity index (χ3v) is 3.80. The highest BCUT2D eigenvalue weighted by atomic mass is 35.5. The topological polar surface area (TPSA) is 17.8 Å². The monoisotopic (exact) mass is 242 g/mol. The summed E-state index contributed by atoms with van der Waals surface area (Å²) in [4.78, 5) is 0. The van der Waals surface area contributed by atoms with Crippen molar-refractivity contribution >= 4 is 11.6 Å². The standard InChI is InChI=1S/C13H23ClN2/c1-10-9-11(16(5)15-10)7-6-8-12(14)13(2,3)4/h9,12H,6-8H2,1-5H3. The third kappa shape index (κ3) is 3.82. The maximum atomic E-state index is 6.35. The van der Waals surface area contributed by atoms with Crippen LogP contribution in [0.25, 0.3) is 0 Å². The van der Waals surface area contributed by atoms with Gasteiger partial charge in [0.2, 0.25) is 0 Å². The van der Waals surface area contributed by atoms with Crippen LogP contribution in [0.5, 0.6) is 0 Å². The Morgan fingerprint density at radius 1 is 1.44 bits per heavy atom. The third-order valence-electron chi connectivity index (χ3n) is 2.93. The van der Waals surface area contributed by atoms with Crippen LogP contribution in [0.1, 0.15) is 45.0 Å². The van der Waals surface area contributed by atoms with Gasteiger partial charge in [0.1, 0.15) is 0 Å². The average molecular weight is 243 g/mol. The lowest BCUT2D eigenvalue weighted by Gasteiger charge is -2.24. The van der Waals surface area contributed by atoms with E-state index in [0.717, 1.165) is 25.0 Å². The SMILES string of the molecule is Cc1cc(CCCC(Cl)C(C)(C)C)n(C)n1. The Bertz CT molecular complexity index is 336. The number of rotatable bonds is 4. The minimum atomic E-state index is 0.198. The van der Waals surface area contributed by atoms with Crippen molar-refractivity contribution in [1.29, 1.82) is 0 Å². The molecule has 0 aromatic carbocycles. The zero-order chi connectivity index (χ0) is 12.3. The average Bonchev–Trinajstić information content (AvgIpc) is 2.43. The molecular weight excluding hydrogens is 220 g/mol. The summed E-state index contributed by atoms with van der Waals surface area (Å²) in [5.74, 6) is 0. The molecule has 0 N–H and O–H groups in total. The molecule has 16 heavy (non-hydrogen) atoms. The maximum Gasteiger partial charge on any atom is 0.0596 e. The Balaban J connectivity index is 2.39. The molecule has 0 radical (unpaired) electrons. The fourth-order valence-electron chi connectivity index (χ4n) is 1.79. The van der Waals surface area contributed by atoms with Gasteiger partial charge in [0.05, 0.1) is 5.69 Å². The van der Waals surface area contributed by atoms with Crippen molar-refractivity contribution in [2.24, 2.45) is 12.5 Å². The number of aryl methyl sites for hydroxylation is 3. The molecule has 1 aromatic rings. The van der Waals surface area contributed by atoms with Crippen molar-refractivity contribution in [3.8, 4) is 0 Å². The second kappa shape index (κ2) is 5.22. The van der Waals surface area contributed by atoms with Crippen molar-refractivity contribution in [1.82, 2.24) is 9.78 Å². The first-order valence-electron chi connectivity index (χ1n) is 5.94. The van der Waals surface area contributed by atoms with E-state index in [-0.39, 0.29) is 10.8 Å². The molecule has 0 amide bonds. The maximum absolute atomic E-state index is 6.35. The molecule has 1 rings (SSSR count). The number of alkyl halides is 1. The van der Waals surface area contributed by atoms with Crippen LogP contribution in [0.4, 0.5) is 0 Å². The summed E-state index contributed by atoms with van der Waals surface area (Å²) in [6.45, 7) is 8.61. The van der Waals surface area contributed by atoms with Crippen molar-refractivity contribution < 1.29 is 0 Å². The van der Waals surface area contributed by atoms with Crippen LogP contribution < -0.4 is 0 Å². The Kier molecular flexibility index (Phi) is 4.43. The van der Waals surface area contributed by atoms with Gasteiger partial charge in [0, 0.05) is 18.1 Å². The first-order valence-corrected chi connectivity index (χ1v) is 6.38. The number of aromatic nitrogens is 2. The van der Waals surface area contributed by atoms with Gasteiger partial charge in [-0.15, -0.1) is 11.6 Å². The van der Waals surface area contributed by atoms with E-state index in [1.807, 2.05) is 18.7 Å². The molecule has 0 saturated carbocycles. The number of hydrogen-bond donors (Lipinski definition) is 0. The summed E-state index contributed by atoms with van der Waals surface area (Å²) >= 11 is 6.35. The zero-order valence-electron chi connectivity index (χ0n) is 11.0. The van der Waals surface area contributed by atoms with Crippen LogP contribution in [0.3, 0.4) is 0 Å². The van der Waals surface area contributed by atoms with Crippen LogP contribution in [-0.2, 0) is 13.5 Å². The van der Waals surface area contributed by atoms with E-state index >= 15 is 0 Å². The van der Waals surface area contributed by atoms with Crippen LogP contribution in [0, 0.1) is 12.3 Å². The molecule has 0 aliphatic heterocycles. The van der Waals surface area contributed by atoms with Crippen molar-refractivity contribution in [2.45, 2.75) is 52.3 Å². The summed E-state index contributed by atoms with van der Waals surface area (Å²) in [6, 6.07) is 2.15. The highest BCUT2D eigenvalue weighted by Crippen LogP contribution is 2.28. The van der Waals surface area contributed by atoms with Gasteiger partial charge in [-0.2, -0.15) is 5.10 Å². The molecule has 0 aliphatic rings. The Morgan fingerprint density at radius 2 is 2.06 bits per heavy atom. The normalized spacial score (nSPS) is 14.1. The number of hydrogen-bond acceptors (Lipinski definition) is 1. The molecular formula is C13H23ClN2. The van der Waals surface area contributed by atoms with Crippen LogP contribution in [-0.4, -0.2) is 15.2 Å². The van der Waals surface area contributed by atoms with Gasteiger partial charge >= 0.3 is 0 Å². The smallest absolute Gasteiger partial charge is 0.0596 e. The quantitative estimate of drug-likeness (QED) is 0.737. The summed E-state index contributed by atoms with van der Waals surface area (Å²) in [5, 5.41) is 4.59. The second-order valence-electron chi connectivity index (χ2n) is 5.63. The van der Waals surface area contributed by atoms with E-state index < -0.39 is 0 Å². The largest absolute Gasteiger partial charge is 0.272 e. The zero-order valence-corrected chi connectivity index (χ0v) is 11.8. The summed E-state index contributed by atoms with van der Waals surface area (Å²) in [7, 11) is 2.00. The number of halogens is 1. The predicted molar refractivity (Wildman–Crippen MR) is 70.0 cm³/mol. The highest BCUT2D eigenvalue weighted by molar-refractivity contribution is 6.21. The van der Waals surface area contributed by atoms with Crippen LogP contribution in [0.15, 0.2) is 6.07 Å². The van der Waals surface area contributed by atoms with Gasteiger partial charge in [0.15, 0.2) is 0 Å². The molecule has 0 aliphatic carbocycles. The Labute approximate surface area is 104 Å². The van der Waals surface area contributed by atoms with Gasteiger partial charge in [-0.25, -0.2) is 0 Å². The summed E-state index contributed by atoms with van der Waals surface area (Å²) in [5.41, 5.74) is 2.59. The predicted octanol–water partition coefficient (Wildman–Crippen LogP) is 3.70. The lowest BCUT2D eigenvalue weighted by Crippen LogP contribution is -2.20. The summed E-state index contributed by atoms with van der Waals surface area (Å²) < 4.78 is 1.97. The molecule has 0 bridgehead atoms. The van der Waals surface area contributed by atoms with Crippen LogP contribution >= 0.6 is 11.6 Å². The Morgan fingerprint density at radius 3 is 2.50 bits per heavy atom. The van der Waals surface area contributed by atoms with E-state index in [9.17, 15) is 0 Å². The minimum Gasteiger partial charge on any atom is -0.272 e. The lowest BCUT2D eigenvalue weighted by atomic mass is 9.88. The molecule has 3 heteroatoms. The van der Waals surface area contributed by atoms with Crippen molar-refractivity contribution in [3.63, 3.8) is 0 Å². The molecule has 1 unspecified atom stereocenters. The molecule has 0 saturated heterocycles. The summed E-state index contributed by atoms with van der Waals surface area (Å²) in [6.07, 6.45) is 3.26. The fourth-order valence-corrected chi connectivity index (χ4v) is 1.95. The van der Waals surface area contributed by atoms with E-state index in [4.69, 9.17) is 11.6 Å². The van der Waals surface area contributed by atoms with E-state index in [1.54, 1.807) is 0 Å². The fraction of sp³-hybridized carbons (Fsp3) is 0.769. The van der Waals surface area contributed by atoms with Gasteiger partial charge in [-0.1, -0.05) is 20.8 Å². The highest BCUT2D eigenvalue weighted by Gasteiger charge is 2.21. The number of nitrogens with zero attached hydrogens (tertiary/aromatic N) is 2. The van der Waals surface area contributed by atoms with Crippen molar-refractivity contribution in [2.75, 3.05) is 0 Å². The van der Waals surface area contributed by atoms with Gasteiger partial charge < -0.3 is 0 Å². The molecule has 2 nitrogen and oxygen atoms in total. The van der Waals surface area contributed by atoms with Gasteiger partial charge in [-0.3, -0.25) is 4.68 Å². The molecule has 0 spiro atoms. The first-order chi connectivity index (χ1) is 7.30. The van der Waals surface area contributed by atoms with Gasteiger partial charge in [0.25, 0.3) is 0 Å². The van der Waals surface area contributed by atoms with Crippen LogP contribution in [0.2, 0.25) is 0 Å². The van der Waals surface area contributed by atoms with E-state index in [1.165, 1.54) is 5.69 Å². The van der Waals surface area contributed by atoms with Crippen molar-refractivity contribution in [3.05, 3.63) is 17.5 Å². The minimum absolute atomic E-state index is 0.198. The molecule has 1 aromatic heterocycles. The van der Waals surface area contributed by atoms with Gasteiger partial charge in [-0.05, 0) is 37.7 Å². The Hall–Kier alpha value is -0.500. The lowest BCUT2D eigenvalue weighted by molar-refractivity contribution is 0.368. The molecule has 92 valence electrons. The van der Waals surface area contributed by atoms with E-state index in [2.05, 4.69) is 31.9 Å². The van der Waals surface area contributed by atoms with E-state index in [0.29, 0.717) is 0 Å².